The fraction of sp³-hybridized carbons (Fsp3) is 0.222. The van der Waals surface area contributed by atoms with E-state index in [0.29, 0.717) is 15.6 Å². The Kier molecular flexibility index (Phi) is 3.75. The van der Waals surface area contributed by atoms with Crippen molar-refractivity contribution in [1.29, 1.82) is 0 Å². The third-order valence-electron chi connectivity index (χ3n) is 1.83. The van der Waals surface area contributed by atoms with Gasteiger partial charge in [0.25, 0.3) is 0 Å². The lowest BCUT2D eigenvalue weighted by Crippen LogP contribution is -2.69. The molecule has 14 heavy (non-hydrogen) atoms. The normalized spacial score (nSPS) is 12.5. The second-order valence-corrected chi connectivity index (χ2v) is 3.72. The molecule has 5 heteroatoms. The molecule has 0 aliphatic carbocycles. The number of carboxylic acid groups (broad SMARTS) is 1. The number of hydrogen-bond donors (Lipinski definition) is 1. The highest BCUT2D eigenvalue weighted by Gasteiger charge is 2.12. The van der Waals surface area contributed by atoms with Gasteiger partial charge in [-0.05, 0) is 11.6 Å². The van der Waals surface area contributed by atoms with Crippen molar-refractivity contribution in [2.24, 2.45) is 0 Å². The number of hydrogen-bond acceptors (Lipinski definition) is 2. The number of halogens is 2. The predicted octanol–water partition coefficient (Wildman–Crippen LogP) is -0.104. The fourth-order valence-electron chi connectivity index (χ4n) is 1.05. The maximum absolute atomic E-state index is 10.5. The standard InChI is InChI=1S/C9H9Cl2NO2/c10-6-3-1-2-5(8(6)11)4-7(12)9(13)14/h1-3,7H,4,12H2,(H,13,14)/t7-/m0/s1. The first-order chi connectivity index (χ1) is 6.52. The van der Waals surface area contributed by atoms with Crippen LogP contribution in [0.5, 0.6) is 0 Å². The monoisotopic (exact) mass is 233 g/mol. The van der Waals surface area contributed by atoms with E-state index in [0.717, 1.165) is 0 Å². The van der Waals surface area contributed by atoms with Gasteiger partial charge in [0.1, 0.15) is 6.04 Å². The summed E-state index contributed by atoms with van der Waals surface area (Å²) >= 11 is 11.6. The summed E-state index contributed by atoms with van der Waals surface area (Å²) in [6.45, 7) is 0. The van der Waals surface area contributed by atoms with E-state index in [1.807, 2.05) is 0 Å². The Bertz CT molecular complexity index is 355. The van der Waals surface area contributed by atoms with Crippen molar-refractivity contribution in [2.45, 2.75) is 12.5 Å². The van der Waals surface area contributed by atoms with E-state index >= 15 is 0 Å². The van der Waals surface area contributed by atoms with Crippen molar-refractivity contribution in [3.05, 3.63) is 33.8 Å². The topological polar surface area (TPSA) is 67.8 Å². The van der Waals surface area contributed by atoms with Gasteiger partial charge in [0.05, 0.1) is 16.0 Å². The molecule has 0 aromatic heterocycles. The summed E-state index contributed by atoms with van der Waals surface area (Å²) < 4.78 is 0. The van der Waals surface area contributed by atoms with Gasteiger partial charge in [0, 0.05) is 6.42 Å². The van der Waals surface area contributed by atoms with Crippen LogP contribution in [0, 0.1) is 0 Å². The molecule has 1 aromatic rings. The quantitative estimate of drug-likeness (QED) is 0.793. The molecule has 0 aliphatic heterocycles. The van der Waals surface area contributed by atoms with Gasteiger partial charge in [0.2, 0.25) is 0 Å². The van der Waals surface area contributed by atoms with Crippen LogP contribution in [-0.4, -0.2) is 12.0 Å². The summed E-state index contributed by atoms with van der Waals surface area (Å²) in [5.74, 6) is -1.19. The highest BCUT2D eigenvalue weighted by molar-refractivity contribution is 6.42. The van der Waals surface area contributed by atoms with Crippen LogP contribution < -0.4 is 10.8 Å². The lowest BCUT2D eigenvalue weighted by atomic mass is 10.1. The Morgan fingerprint density at radius 1 is 1.50 bits per heavy atom. The Labute approximate surface area is 91.4 Å². The van der Waals surface area contributed by atoms with Crippen LogP contribution in [0.15, 0.2) is 18.2 Å². The molecule has 0 aliphatic rings. The number of aliphatic carboxylic acids is 1. The maximum Gasteiger partial charge on any atom is 0.129 e. The molecule has 0 spiro atoms. The molecule has 1 rings (SSSR count). The van der Waals surface area contributed by atoms with Crippen LogP contribution in [0.2, 0.25) is 10.0 Å². The minimum Gasteiger partial charge on any atom is -0.544 e. The number of carboxylic acids is 1. The summed E-state index contributed by atoms with van der Waals surface area (Å²) in [5, 5.41) is 11.2. The summed E-state index contributed by atoms with van der Waals surface area (Å²) in [6, 6.07) is 4.26. The third-order valence-corrected chi connectivity index (χ3v) is 2.69. The number of benzene rings is 1. The van der Waals surface area contributed by atoms with Crippen LogP contribution in [0.1, 0.15) is 5.56 Å². The molecular weight excluding hydrogens is 225 g/mol. The van der Waals surface area contributed by atoms with Crippen LogP contribution >= 0.6 is 23.2 Å². The van der Waals surface area contributed by atoms with Crippen LogP contribution in [0.3, 0.4) is 0 Å². The minimum absolute atomic E-state index is 0.224. The van der Waals surface area contributed by atoms with Crippen LogP contribution in [0.4, 0.5) is 0 Å². The zero-order valence-electron chi connectivity index (χ0n) is 7.30. The molecule has 0 radical (unpaired) electrons. The van der Waals surface area contributed by atoms with Gasteiger partial charge in [-0.2, -0.15) is 0 Å². The van der Waals surface area contributed by atoms with E-state index in [1.54, 1.807) is 18.2 Å². The largest absolute Gasteiger partial charge is 0.544 e. The van der Waals surface area contributed by atoms with E-state index < -0.39 is 12.0 Å². The number of quaternary nitrogens is 1. The first-order valence-electron chi connectivity index (χ1n) is 3.99. The molecule has 3 nitrogen and oxygen atoms in total. The van der Waals surface area contributed by atoms with Crippen molar-refractivity contribution < 1.29 is 15.6 Å². The first kappa shape index (κ1) is 11.3. The van der Waals surface area contributed by atoms with Crippen molar-refractivity contribution in [1.82, 2.24) is 0 Å². The molecular formula is C9H9Cl2NO2. The summed E-state index contributed by atoms with van der Waals surface area (Å²) in [5.41, 5.74) is 4.11. The minimum atomic E-state index is -1.19. The first-order valence-corrected chi connectivity index (χ1v) is 4.74. The van der Waals surface area contributed by atoms with E-state index in [9.17, 15) is 9.90 Å². The van der Waals surface area contributed by atoms with Gasteiger partial charge in [-0.15, -0.1) is 0 Å². The molecule has 0 heterocycles. The third kappa shape index (κ3) is 2.61. The Balaban J connectivity index is 2.87. The fourth-order valence-corrected chi connectivity index (χ4v) is 1.45. The molecule has 1 aromatic carbocycles. The van der Waals surface area contributed by atoms with Gasteiger partial charge in [0.15, 0.2) is 0 Å². The van der Waals surface area contributed by atoms with Crippen LogP contribution in [0.25, 0.3) is 0 Å². The molecule has 76 valence electrons. The second-order valence-electron chi connectivity index (χ2n) is 2.93. The molecule has 0 saturated carbocycles. The summed E-state index contributed by atoms with van der Waals surface area (Å²) in [4.78, 5) is 10.5. The number of rotatable bonds is 3. The van der Waals surface area contributed by atoms with Crippen LogP contribution in [-0.2, 0) is 11.2 Å². The van der Waals surface area contributed by atoms with Crippen molar-refractivity contribution in [2.75, 3.05) is 0 Å². The molecule has 0 unspecified atom stereocenters. The SMILES string of the molecule is [NH3+][C@@H](Cc1cccc(Cl)c1Cl)C(=O)[O-]. The molecule has 0 saturated heterocycles. The lowest BCUT2D eigenvalue weighted by molar-refractivity contribution is -0.436. The van der Waals surface area contributed by atoms with E-state index in [2.05, 4.69) is 5.73 Å². The Hall–Kier alpha value is -0.770. The highest BCUT2D eigenvalue weighted by Crippen LogP contribution is 2.25. The highest BCUT2D eigenvalue weighted by atomic mass is 35.5. The van der Waals surface area contributed by atoms with Gasteiger partial charge in [-0.1, -0.05) is 35.3 Å². The lowest BCUT2D eigenvalue weighted by Gasteiger charge is -2.10. The van der Waals surface area contributed by atoms with E-state index in [-0.39, 0.29) is 6.42 Å². The summed E-state index contributed by atoms with van der Waals surface area (Å²) in [7, 11) is 0. The number of carbonyl (C=O) groups excluding carboxylic acids is 1. The van der Waals surface area contributed by atoms with Gasteiger partial charge < -0.3 is 15.6 Å². The summed E-state index contributed by atoms with van der Waals surface area (Å²) in [6.07, 6.45) is 0.224. The zero-order chi connectivity index (χ0) is 10.7. The van der Waals surface area contributed by atoms with Gasteiger partial charge >= 0.3 is 0 Å². The van der Waals surface area contributed by atoms with Crippen molar-refractivity contribution in [3.8, 4) is 0 Å². The maximum atomic E-state index is 10.5. The van der Waals surface area contributed by atoms with Gasteiger partial charge in [-0.25, -0.2) is 0 Å². The molecule has 0 bridgehead atoms. The number of carbonyl (C=O) groups is 1. The average Bonchev–Trinajstić information content (AvgIpc) is 2.12. The molecule has 3 N–H and O–H groups in total. The Morgan fingerprint density at radius 2 is 2.14 bits per heavy atom. The van der Waals surface area contributed by atoms with Crippen molar-refractivity contribution >= 4 is 29.2 Å². The van der Waals surface area contributed by atoms with E-state index in [1.165, 1.54) is 0 Å². The van der Waals surface area contributed by atoms with Gasteiger partial charge in [-0.3, -0.25) is 0 Å². The molecule has 0 fully saturated rings. The van der Waals surface area contributed by atoms with E-state index in [4.69, 9.17) is 23.2 Å². The molecule has 0 amide bonds. The molecule has 1 atom stereocenters. The average molecular weight is 234 g/mol. The second kappa shape index (κ2) is 4.64. The zero-order valence-corrected chi connectivity index (χ0v) is 8.81. The van der Waals surface area contributed by atoms with Crippen molar-refractivity contribution in [3.63, 3.8) is 0 Å². The Morgan fingerprint density at radius 3 is 2.71 bits per heavy atom. The predicted molar refractivity (Wildman–Crippen MR) is 51.8 cm³/mol. The smallest absolute Gasteiger partial charge is 0.129 e.